The van der Waals surface area contributed by atoms with Crippen LogP contribution in [0.15, 0.2) is 46.9 Å². The lowest BCUT2D eigenvalue weighted by molar-refractivity contribution is -0.140. The average Bonchev–Trinajstić information content (AvgIpc) is 2.85. The first kappa shape index (κ1) is 29.2. The van der Waals surface area contributed by atoms with E-state index in [1.165, 1.54) is 6.42 Å². The summed E-state index contributed by atoms with van der Waals surface area (Å²) in [5.74, 6) is -0.596. The van der Waals surface area contributed by atoms with Crippen LogP contribution in [0.25, 0.3) is 0 Å². The first-order chi connectivity index (χ1) is 17.5. The number of carbonyl (C=O) groups is 2. The summed E-state index contributed by atoms with van der Waals surface area (Å²) in [6.45, 7) is 5.55. The van der Waals surface area contributed by atoms with Crippen molar-refractivity contribution >= 4 is 43.5 Å². The molecule has 7 nitrogen and oxygen atoms in total. The molecule has 2 amide bonds. The van der Waals surface area contributed by atoms with Gasteiger partial charge in [-0.1, -0.05) is 66.4 Å². The molecule has 1 aliphatic rings. The van der Waals surface area contributed by atoms with Crippen molar-refractivity contribution in [3.8, 4) is 0 Å². The van der Waals surface area contributed by atoms with Crippen LogP contribution < -0.4 is 9.62 Å². The quantitative estimate of drug-likeness (QED) is 0.417. The van der Waals surface area contributed by atoms with Gasteiger partial charge in [-0.2, -0.15) is 0 Å². The van der Waals surface area contributed by atoms with Gasteiger partial charge >= 0.3 is 0 Å². The van der Waals surface area contributed by atoms with Crippen molar-refractivity contribution < 1.29 is 18.0 Å². The minimum absolute atomic E-state index is 0.115. The molecular weight excluding hydrogens is 554 g/mol. The minimum Gasteiger partial charge on any atom is -0.352 e. The number of nitrogens with one attached hydrogen (secondary N) is 1. The van der Waals surface area contributed by atoms with Crippen molar-refractivity contribution in [3.05, 3.63) is 63.6 Å². The second-order valence-electron chi connectivity index (χ2n) is 9.92. The van der Waals surface area contributed by atoms with Crippen LogP contribution in [0, 0.1) is 13.8 Å². The molecule has 9 heteroatoms. The molecule has 2 aromatic rings. The maximum Gasteiger partial charge on any atom is 0.244 e. The van der Waals surface area contributed by atoms with Crippen LogP contribution in [0.1, 0.15) is 62.1 Å². The van der Waals surface area contributed by atoms with Gasteiger partial charge in [0.25, 0.3) is 0 Å². The highest BCUT2D eigenvalue weighted by atomic mass is 79.9. The van der Waals surface area contributed by atoms with E-state index in [0.29, 0.717) is 12.1 Å². The number of hydrogen-bond acceptors (Lipinski definition) is 4. The molecule has 37 heavy (non-hydrogen) atoms. The van der Waals surface area contributed by atoms with Crippen molar-refractivity contribution in [2.45, 2.75) is 77.9 Å². The molecule has 0 saturated heterocycles. The molecule has 0 radical (unpaired) electrons. The molecule has 0 bridgehead atoms. The summed E-state index contributed by atoms with van der Waals surface area (Å²) in [4.78, 5) is 28.9. The van der Waals surface area contributed by atoms with Gasteiger partial charge < -0.3 is 10.2 Å². The summed E-state index contributed by atoms with van der Waals surface area (Å²) in [6.07, 6.45) is 6.76. The third-order valence-electron chi connectivity index (χ3n) is 7.05. The number of anilines is 1. The van der Waals surface area contributed by atoms with Gasteiger partial charge in [-0.05, 0) is 68.0 Å². The second-order valence-corrected chi connectivity index (χ2v) is 12.7. The fraction of sp³-hybridized carbons (Fsp3) is 0.500. The molecule has 0 unspecified atom stereocenters. The number of carbonyl (C=O) groups excluding carboxylic acids is 2. The molecule has 0 heterocycles. The Morgan fingerprint density at radius 2 is 1.73 bits per heavy atom. The number of halogens is 1. The largest absolute Gasteiger partial charge is 0.352 e. The number of rotatable bonds is 10. The number of aryl methyl sites for hydroxylation is 2. The maximum atomic E-state index is 13.9. The lowest BCUT2D eigenvalue weighted by Gasteiger charge is -2.34. The zero-order valence-corrected chi connectivity index (χ0v) is 24.6. The monoisotopic (exact) mass is 591 g/mol. The summed E-state index contributed by atoms with van der Waals surface area (Å²) >= 11 is 3.44. The average molecular weight is 593 g/mol. The fourth-order valence-corrected chi connectivity index (χ4v) is 5.92. The Bertz CT molecular complexity index is 1210. The summed E-state index contributed by atoms with van der Waals surface area (Å²) in [5.41, 5.74) is 3.19. The van der Waals surface area contributed by atoms with Crippen molar-refractivity contribution in [1.82, 2.24) is 10.2 Å². The molecular formula is C28H38BrN3O4S. The van der Waals surface area contributed by atoms with E-state index >= 15 is 0 Å². The Morgan fingerprint density at radius 1 is 1.05 bits per heavy atom. The van der Waals surface area contributed by atoms with E-state index in [2.05, 4.69) is 21.2 Å². The van der Waals surface area contributed by atoms with E-state index in [0.717, 1.165) is 57.4 Å². The first-order valence-electron chi connectivity index (χ1n) is 12.9. The summed E-state index contributed by atoms with van der Waals surface area (Å²) in [6, 6.07) is 12.3. The molecule has 3 rings (SSSR count). The standard InChI is InChI=1S/C28H38BrN3O4S/c1-5-26(28(34)30-23-13-7-6-8-14-23)31(18-22-12-10-9-11-20(22)2)27(33)19-32(37(4,35)36)24-15-16-25(29)21(3)17-24/h9-12,15-17,23,26H,5-8,13-14,18-19H2,1-4H3,(H,30,34)/t26-/m0/s1. The predicted molar refractivity (Wildman–Crippen MR) is 152 cm³/mol. The van der Waals surface area contributed by atoms with Crippen LogP contribution in [-0.4, -0.2) is 50.0 Å². The van der Waals surface area contributed by atoms with Gasteiger partial charge in [0, 0.05) is 17.1 Å². The predicted octanol–water partition coefficient (Wildman–Crippen LogP) is 5.09. The van der Waals surface area contributed by atoms with Crippen molar-refractivity contribution in [2.24, 2.45) is 0 Å². The van der Waals surface area contributed by atoms with E-state index in [1.807, 2.05) is 45.0 Å². The van der Waals surface area contributed by atoms with Gasteiger partial charge in [0.1, 0.15) is 12.6 Å². The molecule has 1 aliphatic carbocycles. The molecule has 1 saturated carbocycles. The number of hydrogen-bond donors (Lipinski definition) is 1. The molecule has 1 atom stereocenters. The van der Waals surface area contributed by atoms with Gasteiger partial charge in [-0.3, -0.25) is 13.9 Å². The molecule has 0 aliphatic heterocycles. The zero-order chi connectivity index (χ0) is 27.2. The Kier molecular flexibility index (Phi) is 10.2. The second kappa shape index (κ2) is 12.9. The Hall–Kier alpha value is -2.39. The van der Waals surface area contributed by atoms with E-state index in [4.69, 9.17) is 0 Å². The van der Waals surface area contributed by atoms with E-state index in [1.54, 1.807) is 23.1 Å². The van der Waals surface area contributed by atoms with Gasteiger partial charge in [0.2, 0.25) is 21.8 Å². The number of benzene rings is 2. The number of nitrogens with zero attached hydrogens (tertiary/aromatic N) is 2. The molecule has 0 spiro atoms. The Balaban J connectivity index is 1.93. The molecule has 202 valence electrons. The highest BCUT2D eigenvalue weighted by molar-refractivity contribution is 9.10. The van der Waals surface area contributed by atoms with Gasteiger partial charge in [-0.15, -0.1) is 0 Å². The zero-order valence-electron chi connectivity index (χ0n) is 22.2. The van der Waals surface area contributed by atoms with Crippen LogP contribution in [0.4, 0.5) is 5.69 Å². The van der Waals surface area contributed by atoms with Gasteiger partial charge in [0.15, 0.2) is 0 Å². The SMILES string of the molecule is CC[C@@H](C(=O)NC1CCCCC1)N(Cc1ccccc1C)C(=O)CN(c1ccc(Br)c(C)c1)S(C)(=O)=O. The van der Waals surface area contributed by atoms with E-state index < -0.39 is 22.0 Å². The highest BCUT2D eigenvalue weighted by Gasteiger charge is 2.33. The normalized spacial score (nSPS) is 15.2. The number of sulfonamides is 1. The maximum absolute atomic E-state index is 13.9. The van der Waals surface area contributed by atoms with Crippen molar-refractivity contribution in [1.29, 1.82) is 0 Å². The van der Waals surface area contributed by atoms with Crippen molar-refractivity contribution in [3.63, 3.8) is 0 Å². The Morgan fingerprint density at radius 3 is 2.32 bits per heavy atom. The molecule has 2 aromatic carbocycles. The number of amides is 2. The van der Waals surface area contributed by atoms with Gasteiger partial charge in [-0.25, -0.2) is 8.42 Å². The fourth-order valence-electron chi connectivity index (χ4n) is 4.83. The molecule has 1 fully saturated rings. The third-order valence-corrected chi connectivity index (χ3v) is 9.08. The summed E-state index contributed by atoms with van der Waals surface area (Å²) < 4.78 is 27.6. The lowest BCUT2D eigenvalue weighted by Crippen LogP contribution is -2.54. The van der Waals surface area contributed by atoms with Crippen LogP contribution in [0.3, 0.4) is 0 Å². The highest BCUT2D eigenvalue weighted by Crippen LogP contribution is 2.26. The minimum atomic E-state index is -3.76. The topological polar surface area (TPSA) is 86.8 Å². The summed E-state index contributed by atoms with van der Waals surface area (Å²) in [7, 11) is -3.76. The van der Waals surface area contributed by atoms with Crippen LogP contribution in [-0.2, 0) is 26.2 Å². The van der Waals surface area contributed by atoms with Gasteiger partial charge in [0.05, 0.1) is 11.9 Å². The molecule has 0 aromatic heterocycles. The Labute approximate surface area is 229 Å². The first-order valence-corrected chi connectivity index (χ1v) is 15.5. The van der Waals surface area contributed by atoms with E-state index in [-0.39, 0.29) is 25.0 Å². The van der Waals surface area contributed by atoms with Crippen molar-refractivity contribution in [2.75, 3.05) is 17.1 Å². The van der Waals surface area contributed by atoms with Crippen LogP contribution in [0.5, 0.6) is 0 Å². The molecule has 1 N–H and O–H groups in total. The van der Waals surface area contributed by atoms with Crippen LogP contribution >= 0.6 is 15.9 Å². The summed E-state index contributed by atoms with van der Waals surface area (Å²) in [5, 5.41) is 3.16. The smallest absolute Gasteiger partial charge is 0.244 e. The van der Waals surface area contributed by atoms with E-state index in [9.17, 15) is 18.0 Å². The lowest BCUT2D eigenvalue weighted by atomic mass is 9.95. The van der Waals surface area contributed by atoms with Crippen LogP contribution in [0.2, 0.25) is 0 Å². The third kappa shape index (κ3) is 7.80.